The predicted molar refractivity (Wildman–Crippen MR) is 125 cm³/mol. The molecular formula is C25H24BrNO5. The first kappa shape index (κ1) is 22.3. The van der Waals surface area contributed by atoms with Crippen LogP contribution in [-0.2, 0) is 4.74 Å². The molecule has 1 aliphatic carbocycles. The van der Waals surface area contributed by atoms with E-state index >= 15 is 0 Å². The number of alkyl carbamates (subject to hydrolysis) is 1. The number of ether oxygens (including phenoxy) is 2. The molecule has 0 heterocycles. The topological polar surface area (TPSA) is 88.0 Å². The van der Waals surface area contributed by atoms with E-state index in [-0.39, 0.29) is 19.1 Å². The van der Waals surface area contributed by atoms with Gasteiger partial charge < -0.3 is 25.0 Å². The molecule has 166 valence electrons. The third-order valence-electron chi connectivity index (χ3n) is 5.67. The van der Waals surface area contributed by atoms with Crippen molar-refractivity contribution in [2.45, 2.75) is 18.1 Å². The molecule has 0 bridgehead atoms. The van der Waals surface area contributed by atoms with Crippen molar-refractivity contribution >= 4 is 22.0 Å². The molecule has 0 fully saturated rings. The molecule has 2 unspecified atom stereocenters. The molecule has 0 saturated carbocycles. The third-order valence-corrected chi connectivity index (χ3v) is 6.17. The number of carbonyl (C=O) groups is 1. The number of nitrogens with one attached hydrogen (secondary N) is 1. The smallest absolute Gasteiger partial charge is 0.407 e. The summed E-state index contributed by atoms with van der Waals surface area (Å²) in [5, 5.41) is 23.4. The Balaban J connectivity index is 1.36. The van der Waals surface area contributed by atoms with Crippen LogP contribution in [0.1, 0.15) is 28.7 Å². The Bertz CT molecular complexity index is 1070. The lowest BCUT2D eigenvalue weighted by Gasteiger charge is -2.21. The number of methoxy groups -OCH3 is 1. The summed E-state index contributed by atoms with van der Waals surface area (Å²) in [7, 11) is 1.49. The highest BCUT2D eigenvalue weighted by Crippen LogP contribution is 2.44. The second-order valence-electron chi connectivity index (χ2n) is 7.60. The van der Waals surface area contributed by atoms with Gasteiger partial charge in [0.15, 0.2) is 0 Å². The maximum Gasteiger partial charge on any atom is 0.407 e. The molecule has 3 N–H and O–H groups in total. The number of hydrogen-bond acceptors (Lipinski definition) is 5. The highest BCUT2D eigenvalue weighted by molar-refractivity contribution is 9.10. The minimum absolute atomic E-state index is 0.0467. The van der Waals surface area contributed by atoms with Gasteiger partial charge in [-0.05, 0) is 40.5 Å². The summed E-state index contributed by atoms with van der Waals surface area (Å²) in [5.74, 6) is 0.399. The molecule has 4 rings (SSSR count). The van der Waals surface area contributed by atoms with E-state index in [2.05, 4.69) is 33.4 Å². The first-order valence-corrected chi connectivity index (χ1v) is 11.1. The lowest BCUT2D eigenvalue weighted by Crippen LogP contribution is -2.36. The van der Waals surface area contributed by atoms with Crippen LogP contribution >= 0.6 is 15.9 Å². The first-order valence-electron chi connectivity index (χ1n) is 10.3. The van der Waals surface area contributed by atoms with E-state index in [4.69, 9.17) is 9.47 Å². The largest absolute Gasteiger partial charge is 0.496 e. The lowest BCUT2D eigenvalue weighted by molar-refractivity contribution is 0.0172. The van der Waals surface area contributed by atoms with Gasteiger partial charge in [0, 0.05) is 22.5 Å². The highest BCUT2D eigenvalue weighted by Gasteiger charge is 2.29. The van der Waals surface area contributed by atoms with Gasteiger partial charge in [-0.3, -0.25) is 0 Å². The highest BCUT2D eigenvalue weighted by atomic mass is 79.9. The van der Waals surface area contributed by atoms with E-state index in [0.717, 1.165) is 26.7 Å². The van der Waals surface area contributed by atoms with Crippen LogP contribution in [0.4, 0.5) is 4.79 Å². The van der Waals surface area contributed by atoms with Crippen molar-refractivity contribution in [3.8, 4) is 16.9 Å². The first-order chi connectivity index (χ1) is 15.5. The molecule has 0 aromatic heterocycles. The molecule has 7 heteroatoms. The summed E-state index contributed by atoms with van der Waals surface area (Å²) in [6.45, 7) is 0.00543. The lowest BCUT2D eigenvalue weighted by atomic mass is 9.98. The Labute approximate surface area is 194 Å². The summed E-state index contributed by atoms with van der Waals surface area (Å²) in [5.41, 5.74) is 4.97. The third kappa shape index (κ3) is 4.50. The van der Waals surface area contributed by atoms with Crippen LogP contribution in [0.2, 0.25) is 0 Å². The molecule has 3 aromatic rings. The second-order valence-corrected chi connectivity index (χ2v) is 8.52. The zero-order valence-corrected chi connectivity index (χ0v) is 19.1. The van der Waals surface area contributed by atoms with Gasteiger partial charge in [-0.2, -0.15) is 0 Å². The van der Waals surface area contributed by atoms with Gasteiger partial charge in [0.05, 0.1) is 7.11 Å². The van der Waals surface area contributed by atoms with Crippen molar-refractivity contribution in [3.05, 3.63) is 87.9 Å². The summed E-state index contributed by atoms with van der Waals surface area (Å²) >= 11 is 3.34. The van der Waals surface area contributed by atoms with E-state index in [0.29, 0.717) is 11.3 Å². The van der Waals surface area contributed by atoms with Gasteiger partial charge in [-0.15, -0.1) is 0 Å². The summed E-state index contributed by atoms with van der Waals surface area (Å²) in [4.78, 5) is 12.3. The van der Waals surface area contributed by atoms with E-state index in [1.54, 1.807) is 18.2 Å². The normalized spacial score (nSPS) is 14.2. The van der Waals surface area contributed by atoms with Crippen LogP contribution in [0, 0.1) is 0 Å². The summed E-state index contributed by atoms with van der Waals surface area (Å²) < 4.78 is 11.5. The number of aliphatic hydroxyl groups is 2. The number of aliphatic hydroxyl groups excluding tert-OH is 2. The van der Waals surface area contributed by atoms with Crippen LogP contribution < -0.4 is 10.1 Å². The van der Waals surface area contributed by atoms with E-state index in [1.807, 2.05) is 36.4 Å². The van der Waals surface area contributed by atoms with Crippen molar-refractivity contribution in [3.63, 3.8) is 0 Å². The molecular weight excluding hydrogens is 474 g/mol. The number of carbonyl (C=O) groups excluding carboxylic acids is 1. The molecule has 1 aliphatic rings. The van der Waals surface area contributed by atoms with Crippen molar-refractivity contribution in [1.29, 1.82) is 0 Å². The van der Waals surface area contributed by atoms with Crippen LogP contribution in [0.25, 0.3) is 11.1 Å². The number of benzene rings is 3. The van der Waals surface area contributed by atoms with Crippen molar-refractivity contribution in [2.24, 2.45) is 0 Å². The van der Waals surface area contributed by atoms with Crippen molar-refractivity contribution in [1.82, 2.24) is 5.32 Å². The molecule has 2 atom stereocenters. The zero-order chi connectivity index (χ0) is 22.7. The quantitative estimate of drug-likeness (QED) is 0.450. The molecule has 0 aliphatic heterocycles. The van der Waals surface area contributed by atoms with Crippen LogP contribution in [0.3, 0.4) is 0 Å². The minimum atomic E-state index is -1.24. The molecule has 1 amide bonds. The molecule has 0 radical (unpaired) electrons. The van der Waals surface area contributed by atoms with E-state index in [9.17, 15) is 15.0 Å². The van der Waals surface area contributed by atoms with Gasteiger partial charge in [0.2, 0.25) is 0 Å². The van der Waals surface area contributed by atoms with Gasteiger partial charge in [0.1, 0.15) is 24.6 Å². The Morgan fingerprint density at radius 1 is 1.03 bits per heavy atom. The predicted octanol–water partition coefficient (Wildman–Crippen LogP) is 4.39. The fourth-order valence-electron chi connectivity index (χ4n) is 4.09. The van der Waals surface area contributed by atoms with Crippen LogP contribution in [-0.4, -0.2) is 42.7 Å². The molecule has 32 heavy (non-hydrogen) atoms. The molecule has 3 aromatic carbocycles. The Morgan fingerprint density at radius 3 is 2.28 bits per heavy atom. The van der Waals surface area contributed by atoms with Crippen LogP contribution in [0.15, 0.2) is 71.2 Å². The molecule has 0 spiro atoms. The van der Waals surface area contributed by atoms with Gasteiger partial charge >= 0.3 is 6.09 Å². The number of amides is 1. The maximum atomic E-state index is 12.3. The van der Waals surface area contributed by atoms with Gasteiger partial charge in [-0.25, -0.2) is 4.79 Å². The fraction of sp³-hybridized carbons (Fsp3) is 0.240. The van der Waals surface area contributed by atoms with Crippen molar-refractivity contribution < 1.29 is 24.5 Å². The van der Waals surface area contributed by atoms with Gasteiger partial charge in [0.25, 0.3) is 0 Å². The van der Waals surface area contributed by atoms with Crippen molar-refractivity contribution in [2.75, 3.05) is 20.3 Å². The Kier molecular flexibility index (Phi) is 6.79. The Hall–Kier alpha value is -2.87. The van der Waals surface area contributed by atoms with Crippen LogP contribution in [0.5, 0.6) is 5.75 Å². The van der Waals surface area contributed by atoms with E-state index in [1.165, 1.54) is 7.11 Å². The molecule has 0 saturated heterocycles. The maximum absolute atomic E-state index is 12.3. The number of hydrogen-bond donors (Lipinski definition) is 3. The van der Waals surface area contributed by atoms with Gasteiger partial charge in [-0.1, -0.05) is 64.5 Å². The monoisotopic (exact) mass is 497 g/mol. The zero-order valence-electron chi connectivity index (χ0n) is 17.5. The number of rotatable bonds is 7. The fourth-order valence-corrected chi connectivity index (χ4v) is 4.47. The standard InChI is InChI=1S/C25H24BrNO5/c1-31-23-11-10-15(26)12-20(23)24(29)22(28)13-27-25(30)32-14-21-18-8-4-2-6-16(18)17-7-3-5-9-19(17)21/h2-12,21-22,24,28-29H,13-14H2,1H3,(H,27,30). The molecule has 6 nitrogen and oxygen atoms in total. The summed E-state index contributed by atoms with van der Waals surface area (Å²) in [6, 6.07) is 21.3. The van der Waals surface area contributed by atoms with E-state index < -0.39 is 18.3 Å². The average Bonchev–Trinajstić information content (AvgIpc) is 3.14. The minimum Gasteiger partial charge on any atom is -0.496 e. The SMILES string of the molecule is COc1ccc(Br)cc1C(O)C(O)CNC(=O)OCC1c2ccccc2-c2ccccc21. The average molecular weight is 498 g/mol. The summed E-state index contributed by atoms with van der Waals surface area (Å²) in [6.07, 6.45) is -3.13. The second kappa shape index (κ2) is 9.73. The number of fused-ring (bicyclic) bond motifs is 3. The Morgan fingerprint density at radius 2 is 1.66 bits per heavy atom. The number of halogens is 1.